The van der Waals surface area contributed by atoms with Crippen LogP contribution < -0.4 is 14.8 Å². The van der Waals surface area contributed by atoms with Gasteiger partial charge in [-0.05, 0) is 37.6 Å². The second kappa shape index (κ2) is 9.05. The maximum Gasteiger partial charge on any atom is 0.387 e. The van der Waals surface area contributed by atoms with Crippen molar-refractivity contribution in [3.63, 3.8) is 0 Å². The van der Waals surface area contributed by atoms with Gasteiger partial charge in [0.05, 0.1) is 6.61 Å². The van der Waals surface area contributed by atoms with Gasteiger partial charge in [0.2, 0.25) is 0 Å². The molecule has 0 bridgehead atoms. The number of rotatable bonds is 9. The van der Waals surface area contributed by atoms with Gasteiger partial charge in [0, 0.05) is 24.5 Å². The Kier molecular flexibility index (Phi) is 6.75. The summed E-state index contributed by atoms with van der Waals surface area (Å²) in [6.45, 7) is 0.426. The average molecular weight is 322 g/mol. The summed E-state index contributed by atoms with van der Waals surface area (Å²) in [4.78, 5) is 4.05. The first-order valence-electron chi connectivity index (χ1n) is 7.49. The van der Waals surface area contributed by atoms with Crippen LogP contribution in [0.3, 0.4) is 0 Å². The molecular weight excluding hydrogens is 302 g/mol. The normalized spacial score (nSPS) is 10.8. The minimum Gasteiger partial charge on any atom is -0.490 e. The molecule has 1 aromatic heterocycles. The standard InChI is InChI=1S/C17H20F2N2O2/c1-2-22-15-7-3-6-14(16(15)23-17(18)19)12-21-10-8-13-5-4-9-20-11-13/h3-7,9,11,17,21H,2,8,10,12H2,1H3. The largest absolute Gasteiger partial charge is 0.490 e. The lowest BCUT2D eigenvalue weighted by Gasteiger charge is -2.15. The average Bonchev–Trinajstić information content (AvgIpc) is 2.55. The summed E-state index contributed by atoms with van der Waals surface area (Å²) >= 11 is 0. The Hall–Kier alpha value is -2.21. The van der Waals surface area contributed by atoms with Crippen molar-refractivity contribution in [2.24, 2.45) is 0 Å². The second-order valence-corrected chi connectivity index (χ2v) is 4.84. The lowest BCUT2D eigenvalue weighted by atomic mass is 10.1. The van der Waals surface area contributed by atoms with Crippen LogP contribution in [-0.2, 0) is 13.0 Å². The summed E-state index contributed by atoms with van der Waals surface area (Å²) in [7, 11) is 0. The summed E-state index contributed by atoms with van der Waals surface area (Å²) in [6.07, 6.45) is 4.34. The van der Waals surface area contributed by atoms with Crippen LogP contribution in [0.25, 0.3) is 0 Å². The van der Waals surface area contributed by atoms with E-state index in [-0.39, 0.29) is 5.75 Å². The van der Waals surface area contributed by atoms with E-state index in [0.29, 0.717) is 31.0 Å². The van der Waals surface area contributed by atoms with Crippen LogP contribution in [0.5, 0.6) is 11.5 Å². The predicted molar refractivity (Wildman–Crippen MR) is 83.9 cm³/mol. The fourth-order valence-electron chi connectivity index (χ4n) is 2.19. The molecule has 0 saturated heterocycles. The molecule has 2 rings (SSSR count). The fourth-order valence-corrected chi connectivity index (χ4v) is 2.19. The lowest BCUT2D eigenvalue weighted by Crippen LogP contribution is -2.18. The molecule has 0 unspecified atom stereocenters. The van der Waals surface area contributed by atoms with Crippen LogP contribution >= 0.6 is 0 Å². The maximum absolute atomic E-state index is 12.6. The third-order valence-corrected chi connectivity index (χ3v) is 3.20. The van der Waals surface area contributed by atoms with Crippen LogP contribution in [-0.4, -0.2) is 24.7 Å². The summed E-state index contributed by atoms with van der Waals surface area (Å²) in [5.41, 5.74) is 1.76. The van der Waals surface area contributed by atoms with Crippen LogP contribution in [0.2, 0.25) is 0 Å². The third kappa shape index (κ3) is 5.49. The number of nitrogens with zero attached hydrogens (tertiary/aromatic N) is 1. The number of ether oxygens (including phenoxy) is 2. The molecule has 6 heteroatoms. The molecule has 0 saturated carbocycles. The number of hydrogen-bond acceptors (Lipinski definition) is 4. The summed E-state index contributed by atoms with van der Waals surface area (Å²) in [6, 6.07) is 9.02. The van der Waals surface area contributed by atoms with Gasteiger partial charge in [-0.15, -0.1) is 0 Å². The van der Waals surface area contributed by atoms with Gasteiger partial charge in [0.25, 0.3) is 0 Å². The molecule has 0 radical (unpaired) electrons. The van der Waals surface area contributed by atoms with Gasteiger partial charge in [-0.1, -0.05) is 18.2 Å². The van der Waals surface area contributed by atoms with E-state index in [2.05, 4.69) is 15.0 Å². The molecule has 1 N–H and O–H groups in total. The first-order valence-corrected chi connectivity index (χ1v) is 7.49. The van der Waals surface area contributed by atoms with Crippen molar-refractivity contribution in [2.45, 2.75) is 26.5 Å². The van der Waals surface area contributed by atoms with Crippen molar-refractivity contribution >= 4 is 0 Å². The molecule has 0 fully saturated rings. The topological polar surface area (TPSA) is 43.4 Å². The van der Waals surface area contributed by atoms with E-state index in [9.17, 15) is 8.78 Å². The van der Waals surface area contributed by atoms with Gasteiger partial charge < -0.3 is 14.8 Å². The van der Waals surface area contributed by atoms with E-state index in [1.165, 1.54) is 0 Å². The molecule has 1 heterocycles. The second-order valence-electron chi connectivity index (χ2n) is 4.84. The predicted octanol–water partition coefficient (Wildman–Crippen LogP) is 3.41. The number of alkyl halides is 2. The number of para-hydroxylation sites is 1. The number of benzene rings is 1. The minimum absolute atomic E-state index is 0.0956. The third-order valence-electron chi connectivity index (χ3n) is 3.20. The quantitative estimate of drug-likeness (QED) is 0.719. The highest BCUT2D eigenvalue weighted by molar-refractivity contribution is 5.46. The number of aromatic nitrogens is 1. The Labute approximate surface area is 134 Å². The van der Waals surface area contributed by atoms with Gasteiger partial charge in [-0.2, -0.15) is 8.78 Å². The van der Waals surface area contributed by atoms with Crippen molar-refractivity contribution in [2.75, 3.05) is 13.2 Å². The minimum atomic E-state index is -2.88. The Morgan fingerprint density at radius 3 is 2.78 bits per heavy atom. The first kappa shape index (κ1) is 17.1. The van der Waals surface area contributed by atoms with Gasteiger partial charge in [-0.3, -0.25) is 4.98 Å². The molecule has 0 aliphatic carbocycles. The van der Waals surface area contributed by atoms with E-state index in [4.69, 9.17) is 4.74 Å². The fraction of sp³-hybridized carbons (Fsp3) is 0.353. The Bertz CT molecular complexity index is 594. The molecule has 0 aliphatic heterocycles. The molecule has 0 amide bonds. The number of nitrogens with one attached hydrogen (secondary N) is 1. The zero-order valence-electron chi connectivity index (χ0n) is 13.0. The summed E-state index contributed by atoms with van der Waals surface area (Å²) in [5, 5.41) is 3.22. The molecular formula is C17H20F2N2O2. The van der Waals surface area contributed by atoms with Crippen molar-refractivity contribution in [3.05, 3.63) is 53.9 Å². The van der Waals surface area contributed by atoms with Crippen molar-refractivity contribution < 1.29 is 18.3 Å². The molecule has 0 aliphatic rings. The smallest absolute Gasteiger partial charge is 0.387 e. The molecule has 0 spiro atoms. The van der Waals surface area contributed by atoms with Crippen molar-refractivity contribution in [3.8, 4) is 11.5 Å². The number of hydrogen-bond donors (Lipinski definition) is 1. The lowest BCUT2D eigenvalue weighted by molar-refractivity contribution is -0.0521. The zero-order valence-corrected chi connectivity index (χ0v) is 13.0. The Balaban J connectivity index is 1.96. The highest BCUT2D eigenvalue weighted by atomic mass is 19.3. The van der Waals surface area contributed by atoms with Crippen LogP contribution in [0.4, 0.5) is 8.78 Å². The Morgan fingerprint density at radius 1 is 1.22 bits per heavy atom. The molecule has 1 aromatic carbocycles. The van der Waals surface area contributed by atoms with Crippen LogP contribution in [0.15, 0.2) is 42.7 Å². The SMILES string of the molecule is CCOc1cccc(CNCCc2cccnc2)c1OC(F)F. The van der Waals surface area contributed by atoms with Gasteiger partial charge >= 0.3 is 6.61 Å². The van der Waals surface area contributed by atoms with E-state index < -0.39 is 6.61 Å². The molecule has 0 atom stereocenters. The van der Waals surface area contributed by atoms with Crippen LogP contribution in [0, 0.1) is 0 Å². The van der Waals surface area contributed by atoms with Gasteiger partial charge in [0.1, 0.15) is 0 Å². The van der Waals surface area contributed by atoms with Crippen molar-refractivity contribution in [1.82, 2.24) is 10.3 Å². The number of halogens is 2. The maximum atomic E-state index is 12.6. The molecule has 2 aromatic rings. The highest BCUT2D eigenvalue weighted by Crippen LogP contribution is 2.32. The molecule has 23 heavy (non-hydrogen) atoms. The van der Waals surface area contributed by atoms with Crippen molar-refractivity contribution in [1.29, 1.82) is 0 Å². The summed E-state index contributed by atoms with van der Waals surface area (Å²) in [5.74, 6) is 0.428. The first-order chi connectivity index (χ1) is 11.2. The molecule has 4 nitrogen and oxygen atoms in total. The Morgan fingerprint density at radius 2 is 2.09 bits per heavy atom. The van der Waals surface area contributed by atoms with E-state index in [0.717, 1.165) is 12.0 Å². The summed E-state index contributed by atoms with van der Waals surface area (Å²) < 4.78 is 35.2. The zero-order chi connectivity index (χ0) is 16.5. The van der Waals surface area contributed by atoms with Crippen LogP contribution in [0.1, 0.15) is 18.1 Å². The molecule has 124 valence electrons. The van der Waals surface area contributed by atoms with E-state index in [1.807, 2.05) is 18.3 Å². The van der Waals surface area contributed by atoms with E-state index in [1.54, 1.807) is 31.3 Å². The van der Waals surface area contributed by atoms with Gasteiger partial charge in [0.15, 0.2) is 11.5 Å². The van der Waals surface area contributed by atoms with E-state index >= 15 is 0 Å². The van der Waals surface area contributed by atoms with Gasteiger partial charge in [-0.25, -0.2) is 0 Å². The number of pyridine rings is 1. The highest BCUT2D eigenvalue weighted by Gasteiger charge is 2.15. The monoisotopic (exact) mass is 322 g/mol.